The standard InChI is InChI=1S/C12H17NO3/c1-8(2)16-10-5-9(6-13-7-10)12(3,4)11(14)15/h5-8H,1-4H3,(H,14,15). The highest BCUT2D eigenvalue weighted by atomic mass is 16.5. The Bertz CT molecular complexity index is 386. The van der Waals surface area contributed by atoms with Gasteiger partial charge in [0.15, 0.2) is 0 Å². The Hall–Kier alpha value is -1.58. The Morgan fingerprint density at radius 3 is 2.56 bits per heavy atom. The number of rotatable bonds is 4. The third kappa shape index (κ3) is 2.72. The second-order valence-corrected chi connectivity index (χ2v) is 4.51. The lowest BCUT2D eigenvalue weighted by molar-refractivity contribution is -0.142. The van der Waals surface area contributed by atoms with Gasteiger partial charge in [-0.3, -0.25) is 9.78 Å². The summed E-state index contributed by atoms with van der Waals surface area (Å²) in [5, 5.41) is 9.10. The molecule has 1 aromatic rings. The summed E-state index contributed by atoms with van der Waals surface area (Å²) in [6.07, 6.45) is 3.19. The summed E-state index contributed by atoms with van der Waals surface area (Å²) in [5.74, 6) is -0.280. The second kappa shape index (κ2) is 4.51. The van der Waals surface area contributed by atoms with E-state index in [9.17, 15) is 4.79 Å². The van der Waals surface area contributed by atoms with Crippen LogP contribution in [0.4, 0.5) is 0 Å². The number of hydrogen-bond donors (Lipinski definition) is 1. The molecule has 1 heterocycles. The average Bonchev–Trinajstić information content (AvgIpc) is 2.16. The summed E-state index contributed by atoms with van der Waals surface area (Å²) in [6.45, 7) is 7.11. The predicted octanol–water partition coefficient (Wildman–Crippen LogP) is 2.23. The SMILES string of the molecule is CC(C)Oc1cncc(C(C)(C)C(=O)O)c1. The van der Waals surface area contributed by atoms with Crippen molar-refractivity contribution in [3.05, 3.63) is 24.0 Å². The predicted molar refractivity (Wildman–Crippen MR) is 60.7 cm³/mol. The van der Waals surface area contributed by atoms with E-state index in [1.807, 2.05) is 13.8 Å². The van der Waals surface area contributed by atoms with Crippen LogP contribution in [0.2, 0.25) is 0 Å². The van der Waals surface area contributed by atoms with Crippen molar-refractivity contribution < 1.29 is 14.6 Å². The molecule has 0 amide bonds. The summed E-state index contributed by atoms with van der Waals surface area (Å²) >= 11 is 0. The third-order valence-corrected chi connectivity index (χ3v) is 2.34. The van der Waals surface area contributed by atoms with E-state index in [4.69, 9.17) is 9.84 Å². The van der Waals surface area contributed by atoms with Gasteiger partial charge in [0.25, 0.3) is 0 Å². The minimum atomic E-state index is -0.955. The Balaban J connectivity index is 3.03. The van der Waals surface area contributed by atoms with Gasteiger partial charge in [0.1, 0.15) is 5.75 Å². The van der Waals surface area contributed by atoms with E-state index in [1.54, 1.807) is 32.3 Å². The lowest BCUT2D eigenvalue weighted by Gasteiger charge is -2.20. The van der Waals surface area contributed by atoms with Crippen molar-refractivity contribution in [3.63, 3.8) is 0 Å². The number of carboxylic acids is 1. The van der Waals surface area contributed by atoms with Crippen molar-refractivity contribution in [1.82, 2.24) is 4.98 Å². The average molecular weight is 223 g/mol. The van der Waals surface area contributed by atoms with Crippen LogP contribution >= 0.6 is 0 Å². The summed E-state index contributed by atoms with van der Waals surface area (Å²) < 4.78 is 5.47. The molecule has 0 bridgehead atoms. The smallest absolute Gasteiger partial charge is 0.313 e. The maximum Gasteiger partial charge on any atom is 0.313 e. The van der Waals surface area contributed by atoms with Gasteiger partial charge in [-0.05, 0) is 39.3 Å². The molecule has 0 saturated carbocycles. The second-order valence-electron chi connectivity index (χ2n) is 4.51. The van der Waals surface area contributed by atoms with Crippen LogP contribution in [0.1, 0.15) is 33.3 Å². The van der Waals surface area contributed by atoms with Gasteiger partial charge >= 0.3 is 5.97 Å². The summed E-state index contributed by atoms with van der Waals surface area (Å²) in [7, 11) is 0. The minimum absolute atomic E-state index is 0.0463. The van der Waals surface area contributed by atoms with Crippen molar-refractivity contribution in [3.8, 4) is 5.75 Å². The quantitative estimate of drug-likeness (QED) is 0.850. The number of hydrogen-bond acceptors (Lipinski definition) is 3. The molecule has 0 unspecified atom stereocenters. The van der Waals surface area contributed by atoms with Gasteiger partial charge in [0.2, 0.25) is 0 Å². The zero-order valence-electron chi connectivity index (χ0n) is 10.0. The zero-order valence-corrected chi connectivity index (χ0v) is 10.0. The number of aliphatic carboxylic acids is 1. The van der Waals surface area contributed by atoms with Crippen molar-refractivity contribution in [2.45, 2.75) is 39.2 Å². The van der Waals surface area contributed by atoms with Gasteiger partial charge in [0, 0.05) is 6.20 Å². The Morgan fingerprint density at radius 2 is 2.06 bits per heavy atom. The molecule has 0 saturated heterocycles. The summed E-state index contributed by atoms with van der Waals surface area (Å²) in [5.41, 5.74) is -0.318. The third-order valence-electron chi connectivity index (χ3n) is 2.34. The molecule has 4 heteroatoms. The highest BCUT2D eigenvalue weighted by molar-refractivity contribution is 5.80. The Labute approximate surface area is 95.3 Å². The lowest BCUT2D eigenvalue weighted by atomic mass is 9.86. The molecule has 1 rings (SSSR count). The molecule has 88 valence electrons. The van der Waals surface area contributed by atoms with Gasteiger partial charge in [-0.25, -0.2) is 0 Å². The highest BCUT2D eigenvalue weighted by Crippen LogP contribution is 2.25. The van der Waals surface area contributed by atoms with E-state index in [0.29, 0.717) is 11.3 Å². The number of ether oxygens (including phenoxy) is 1. The largest absolute Gasteiger partial charge is 0.489 e. The van der Waals surface area contributed by atoms with Gasteiger partial charge in [0.05, 0.1) is 17.7 Å². The summed E-state index contributed by atoms with van der Waals surface area (Å²) in [6, 6.07) is 1.72. The molecule has 0 aromatic carbocycles. The van der Waals surface area contributed by atoms with Gasteiger partial charge < -0.3 is 9.84 Å². The molecule has 0 atom stereocenters. The van der Waals surface area contributed by atoms with E-state index in [0.717, 1.165) is 0 Å². The van der Waals surface area contributed by atoms with Gasteiger partial charge in [-0.15, -0.1) is 0 Å². The Kier molecular flexibility index (Phi) is 3.52. The normalized spacial score (nSPS) is 11.6. The molecule has 4 nitrogen and oxygen atoms in total. The fourth-order valence-electron chi connectivity index (χ4n) is 1.22. The molecule has 16 heavy (non-hydrogen) atoms. The Morgan fingerprint density at radius 1 is 1.44 bits per heavy atom. The van der Waals surface area contributed by atoms with Gasteiger partial charge in [-0.2, -0.15) is 0 Å². The van der Waals surface area contributed by atoms with E-state index in [-0.39, 0.29) is 6.10 Å². The van der Waals surface area contributed by atoms with E-state index < -0.39 is 11.4 Å². The molecule has 1 aromatic heterocycles. The molecule has 0 radical (unpaired) electrons. The van der Waals surface area contributed by atoms with Crippen LogP contribution in [-0.4, -0.2) is 22.2 Å². The van der Waals surface area contributed by atoms with Crippen LogP contribution in [0.25, 0.3) is 0 Å². The number of carboxylic acid groups (broad SMARTS) is 1. The number of aromatic nitrogens is 1. The van der Waals surface area contributed by atoms with Crippen molar-refractivity contribution in [2.75, 3.05) is 0 Å². The number of pyridine rings is 1. The molecule has 0 spiro atoms. The zero-order chi connectivity index (χ0) is 12.3. The van der Waals surface area contributed by atoms with E-state index in [1.165, 1.54) is 0 Å². The van der Waals surface area contributed by atoms with Crippen molar-refractivity contribution >= 4 is 5.97 Å². The minimum Gasteiger partial charge on any atom is -0.489 e. The molecule has 0 aliphatic heterocycles. The van der Waals surface area contributed by atoms with Crippen molar-refractivity contribution in [1.29, 1.82) is 0 Å². The summed E-state index contributed by atoms with van der Waals surface area (Å²) in [4.78, 5) is 15.1. The first kappa shape index (κ1) is 12.5. The van der Waals surface area contributed by atoms with Crippen LogP contribution in [0.3, 0.4) is 0 Å². The van der Waals surface area contributed by atoms with Crippen molar-refractivity contribution in [2.24, 2.45) is 0 Å². The molecule has 0 aliphatic carbocycles. The monoisotopic (exact) mass is 223 g/mol. The number of nitrogens with zero attached hydrogens (tertiary/aromatic N) is 1. The van der Waals surface area contributed by atoms with Crippen LogP contribution < -0.4 is 4.74 Å². The molecular formula is C12H17NO3. The van der Waals surface area contributed by atoms with Crippen LogP contribution in [0, 0.1) is 0 Å². The maximum atomic E-state index is 11.1. The molecule has 1 N–H and O–H groups in total. The topological polar surface area (TPSA) is 59.4 Å². The maximum absolute atomic E-state index is 11.1. The first-order valence-electron chi connectivity index (χ1n) is 5.19. The first-order chi connectivity index (χ1) is 7.34. The first-order valence-corrected chi connectivity index (χ1v) is 5.19. The van der Waals surface area contributed by atoms with E-state index in [2.05, 4.69) is 4.98 Å². The van der Waals surface area contributed by atoms with E-state index >= 15 is 0 Å². The molecule has 0 fully saturated rings. The molecule has 0 aliphatic rings. The van der Waals surface area contributed by atoms with Crippen LogP contribution in [0.15, 0.2) is 18.5 Å². The molecular weight excluding hydrogens is 206 g/mol. The number of carbonyl (C=O) groups is 1. The fraction of sp³-hybridized carbons (Fsp3) is 0.500. The van der Waals surface area contributed by atoms with Crippen LogP contribution in [-0.2, 0) is 10.2 Å². The fourth-order valence-corrected chi connectivity index (χ4v) is 1.22. The highest BCUT2D eigenvalue weighted by Gasteiger charge is 2.30. The van der Waals surface area contributed by atoms with Crippen LogP contribution in [0.5, 0.6) is 5.75 Å². The lowest BCUT2D eigenvalue weighted by Crippen LogP contribution is -2.28. The van der Waals surface area contributed by atoms with Gasteiger partial charge in [-0.1, -0.05) is 0 Å².